The Morgan fingerprint density at radius 1 is 1.23 bits per heavy atom. The summed E-state index contributed by atoms with van der Waals surface area (Å²) in [4.78, 5) is 0. The van der Waals surface area contributed by atoms with E-state index in [4.69, 9.17) is 4.74 Å². The highest BCUT2D eigenvalue weighted by Gasteiger charge is 2.19. The van der Waals surface area contributed by atoms with Crippen molar-refractivity contribution in [2.75, 3.05) is 19.9 Å². The molecule has 1 aliphatic carbocycles. The molecule has 2 nitrogen and oxygen atoms in total. The average Bonchev–Trinajstić information content (AvgIpc) is 2.93. The molecule has 0 saturated heterocycles. The number of ether oxygens (including phenoxy) is 1. The zero-order chi connectivity index (χ0) is 9.36. The van der Waals surface area contributed by atoms with Crippen molar-refractivity contribution in [2.24, 2.45) is 5.92 Å². The summed E-state index contributed by atoms with van der Waals surface area (Å²) in [5, 5.41) is 3.32. The van der Waals surface area contributed by atoms with Crippen LogP contribution in [-0.2, 0) is 4.74 Å². The third-order valence-corrected chi connectivity index (χ3v) is 2.48. The van der Waals surface area contributed by atoms with Crippen LogP contribution in [-0.4, -0.2) is 19.9 Å². The molecule has 2 heteroatoms. The van der Waals surface area contributed by atoms with Crippen LogP contribution in [0.4, 0.5) is 0 Å². The van der Waals surface area contributed by atoms with E-state index < -0.39 is 0 Å². The van der Waals surface area contributed by atoms with Gasteiger partial charge in [-0.15, -0.1) is 0 Å². The van der Waals surface area contributed by atoms with Crippen molar-refractivity contribution in [1.82, 2.24) is 5.32 Å². The van der Waals surface area contributed by atoms with Crippen LogP contribution in [0.25, 0.3) is 0 Å². The minimum absolute atomic E-state index is 0.753. The number of hydrogen-bond donors (Lipinski definition) is 1. The Hall–Kier alpha value is -0.0800. The Balaban J connectivity index is 1.63. The molecule has 0 unspecified atom stereocenters. The van der Waals surface area contributed by atoms with Crippen molar-refractivity contribution in [3.05, 3.63) is 0 Å². The van der Waals surface area contributed by atoms with E-state index in [1.165, 1.54) is 38.5 Å². The molecule has 0 aliphatic heterocycles. The molecule has 0 heterocycles. The normalized spacial score (nSPS) is 16.4. The third-order valence-electron chi connectivity index (χ3n) is 2.48. The van der Waals surface area contributed by atoms with Gasteiger partial charge in [-0.2, -0.15) is 0 Å². The second kappa shape index (κ2) is 7.34. The first-order chi connectivity index (χ1) is 6.43. The van der Waals surface area contributed by atoms with Gasteiger partial charge < -0.3 is 4.74 Å². The third kappa shape index (κ3) is 7.03. The van der Waals surface area contributed by atoms with Crippen molar-refractivity contribution >= 4 is 0 Å². The first-order valence-electron chi connectivity index (χ1n) is 5.72. The van der Waals surface area contributed by atoms with Crippen LogP contribution < -0.4 is 5.32 Å². The van der Waals surface area contributed by atoms with Crippen LogP contribution in [0.15, 0.2) is 0 Å². The molecule has 0 aromatic carbocycles. The maximum Gasteiger partial charge on any atom is 0.0965 e. The minimum Gasteiger partial charge on any atom is -0.366 e. The second-order valence-electron chi connectivity index (χ2n) is 4.01. The largest absolute Gasteiger partial charge is 0.366 e. The molecule has 1 aliphatic rings. The molecule has 0 bridgehead atoms. The summed E-state index contributed by atoms with van der Waals surface area (Å²) >= 11 is 0. The zero-order valence-corrected chi connectivity index (χ0v) is 8.85. The van der Waals surface area contributed by atoms with Crippen molar-refractivity contribution in [2.45, 2.75) is 45.4 Å². The number of nitrogens with one attached hydrogen (secondary N) is 1. The SMILES string of the molecule is CCCCCCOCNCC1CC1. The van der Waals surface area contributed by atoms with Gasteiger partial charge in [0.2, 0.25) is 0 Å². The van der Waals surface area contributed by atoms with Gasteiger partial charge in [0.25, 0.3) is 0 Å². The van der Waals surface area contributed by atoms with E-state index in [0.717, 1.165) is 25.8 Å². The van der Waals surface area contributed by atoms with E-state index >= 15 is 0 Å². The van der Waals surface area contributed by atoms with Gasteiger partial charge >= 0.3 is 0 Å². The van der Waals surface area contributed by atoms with E-state index in [2.05, 4.69) is 12.2 Å². The second-order valence-corrected chi connectivity index (χ2v) is 4.01. The fourth-order valence-corrected chi connectivity index (χ4v) is 1.36. The maximum atomic E-state index is 5.45. The smallest absolute Gasteiger partial charge is 0.0965 e. The summed E-state index contributed by atoms with van der Waals surface area (Å²) in [6.07, 6.45) is 8.03. The lowest BCUT2D eigenvalue weighted by atomic mass is 10.2. The van der Waals surface area contributed by atoms with Gasteiger partial charge in [0.1, 0.15) is 0 Å². The molecule has 13 heavy (non-hydrogen) atoms. The summed E-state index contributed by atoms with van der Waals surface area (Å²) in [6.45, 7) is 5.08. The molecule has 1 rings (SSSR count). The quantitative estimate of drug-likeness (QED) is 0.440. The molecule has 0 spiro atoms. The summed E-state index contributed by atoms with van der Waals surface area (Å²) in [7, 11) is 0. The van der Waals surface area contributed by atoms with Gasteiger partial charge in [-0.25, -0.2) is 0 Å². The summed E-state index contributed by atoms with van der Waals surface area (Å²) in [6, 6.07) is 0. The van der Waals surface area contributed by atoms with E-state index in [9.17, 15) is 0 Å². The fraction of sp³-hybridized carbons (Fsp3) is 1.00. The van der Waals surface area contributed by atoms with Gasteiger partial charge in [-0.3, -0.25) is 5.32 Å². The van der Waals surface area contributed by atoms with E-state index in [1.54, 1.807) is 0 Å². The Morgan fingerprint density at radius 2 is 2.08 bits per heavy atom. The van der Waals surface area contributed by atoms with Crippen molar-refractivity contribution in [3.63, 3.8) is 0 Å². The minimum atomic E-state index is 0.753. The highest BCUT2D eigenvalue weighted by Crippen LogP contribution is 2.27. The first-order valence-corrected chi connectivity index (χ1v) is 5.72. The predicted octanol–water partition coefficient (Wildman–Crippen LogP) is 2.54. The molecule has 1 saturated carbocycles. The lowest BCUT2D eigenvalue weighted by molar-refractivity contribution is 0.112. The Kier molecular flexibility index (Phi) is 6.21. The Morgan fingerprint density at radius 3 is 2.77 bits per heavy atom. The highest BCUT2D eigenvalue weighted by molar-refractivity contribution is 4.74. The average molecular weight is 185 g/mol. The topological polar surface area (TPSA) is 21.3 Å². The number of hydrogen-bond acceptors (Lipinski definition) is 2. The molecule has 1 fully saturated rings. The Labute approximate surface area is 82.0 Å². The van der Waals surface area contributed by atoms with Crippen LogP contribution in [0, 0.1) is 5.92 Å². The highest BCUT2D eigenvalue weighted by atomic mass is 16.5. The first kappa shape index (κ1) is 11.0. The van der Waals surface area contributed by atoms with Gasteiger partial charge in [0, 0.05) is 13.2 Å². The van der Waals surface area contributed by atoms with Gasteiger partial charge in [-0.1, -0.05) is 26.2 Å². The fourth-order valence-electron chi connectivity index (χ4n) is 1.36. The van der Waals surface area contributed by atoms with Crippen molar-refractivity contribution in [3.8, 4) is 0 Å². The lowest BCUT2D eigenvalue weighted by Gasteiger charge is -2.04. The summed E-state index contributed by atoms with van der Waals surface area (Å²) < 4.78 is 5.45. The maximum absolute atomic E-state index is 5.45. The summed E-state index contributed by atoms with van der Waals surface area (Å²) in [5.41, 5.74) is 0. The van der Waals surface area contributed by atoms with Crippen LogP contribution >= 0.6 is 0 Å². The van der Waals surface area contributed by atoms with Crippen LogP contribution in [0.2, 0.25) is 0 Å². The van der Waals surface area contributed by atoms with Crippen LogP contribution in [0.1, 0.15) is 45.4 Å². The molecule has 0 aromatic heterocycles. The van der Waals surface area contributed by atoms with Crippen LogP contribution in [0.3, 0.4) is 0 Å². The molecule has 0 amide bonds. The van der Waals surface area contributed by atoms with Crippen molar-refractivity contribution in [1.29, 1.82) is 0 Å². The molecular weight excluding hydrogens is 162 g/mol. The molecule has 0 radical (unpaired) electrons. The Bertz CT molecular complexity index is 113. The van der Waals surface area contributed by atoms with Gasteiger partial charge in [-0.05, 0) is 25.2 Å². The number of unbranched alkanes of at least 4 members (excludes halogenated alkanes) is 3. The van der Waals surface area contributed by atoms with Crippen LogP contribution in [0.5, 0.6) is 0 Å². The zero-order valence-electron chi connectivity index (χ0n) is 8.85. The van der Waals surface area contributed by atoms with Gasteiger partial charge in [0.05, 0.1) is 6.73 Å². The van der Waals surface area contributed by atoms with E-state index in [0.29, 0.717) is 0 Å². The van der Waals surface area contributed by atoms with E-state index in [1.807, 2.05) is 0 Å². The predicted molar refractivity (Wildman–Crippen MR) is 55.7 cm³/mol. The molecular formula is C11H23NO. The molecule has 0 atom stereocenters. The lowest BCUT2D eigenvalue weighted by Crippen LogP contribution is -2.20. The standard InChI is InChI=1S/C11H23NO/c1-2-3-4-5-8-13-10-12-9-11-6-7-11/h11-12H,2-10H2,1H3. The van der Waals surface area contributed by atoms with Crippen molar-refractivity contribution < 1.29 is 4.74 Å². The molecule has 1 N–H and O–H groups in total. The molecule has 78 valence electrons. The molecule has 0 aromatic rings. The van der Waals surface area contributed by atoms with Gasteiger partial charge in [0.15, 0.2) is 0 Å². The van der Waals surface area contributed by atoms with E-state index in [-0.39, 0.29) is 0 Å². The monoisotopic (exact) mass is 185 g/mol. The number of rotatable bonds is 9. The summed E-state index contributed by atoms with van der Waals surface area (Å²) in [5.74, 6) is 0.962.